The topological polar surface area (TPSA) is 92.5 Å². The van der Waals surface area contributed by atoms with Crippen LogP contribution >= 0.6 is 0 Å². The Balaban J connectivity index is 1.43. The van der Waals surface area contributed by atoms with Crippen LogP contribution in [0.2, 0.25) is 0 Å². The van der Waals surface area contributed by atoms with Crippen LogP contribution < -0.4 is 5.32 Å². The van der Waals surface area contributed by atoms with Crippen LogP contribution in [-0.4, -0.2) is 49.4 Å². The van der Waals surface area contributed by atoms with Crippen molar-refractivity contribution in [2.75, 3.05) is 12.4 Å². The third kappa shape index (κ3) is 3.96. The summed E-state index contributed by atoms with van der Waals surface area (Å²) in [5.41, 5.74) is 2.03. The van der Waals surface area contributed by atoms with Gasteiger partial charge < -0.3 is 10.2 Å². The van der Waals surface area contributed by atoms with Crippen LogP contribution in [0.15, 0.2) is 36.5 Å². The molecule has 1 N–H and O–H groups in total. The van der Waals surface area contributed by atoms with Crippen LogP contribution in [-0.2, 0) is 0 Å². The minimum absolute atomic E-state index is 0.0124. The van der Waals surface area contributed by atoms with Gasteiger partial charge in [0.05, 0.1) is 0 Å². The molecule has 1 aromatic carbocycles. The Labute approximate surface area is 169 Å². The van der Waals surface area contributed by atoms with Crippen LogP contribution in [0.3, 0.4) is 0 Å². The highest BCUT2D eigenvalue weighted by Crippen LogP contribution is 2.23. The predicted octanol–water partition coefficient (Wildman–Crippen LogP) is 3.09. The Bertz CT molecular complexity index is 1040. The van der Waals surface area contributed by atoms with E-state index in [1.54, 1.807) is 36.5 Å². The number of hydrogen-bond donors (Lipinski definition) is 1. The first-order chi connectivity index (χ1) is 14.0. The first-order valence-electron chi connectivity index (χ1n) is 9.90. The molecule has 0 spiro atoms. The number of hydrogen-bond acceptors (Lipinski definition) is 5. The lowest BCUT2D eigenvalue weighted by atomic mass is 9.94. The zero-order valence-electron chi connectivity index (χ0n) is 16.6. The number of carbonyl (C=O) groups is 2. The van der Waals surface area contributed by atoms with Crippen molar-refractivity contribution in [1.29, 1.82) is 0 Å². The van der Waals surface area contributed by atoms with Crippen LogP contribution in [0, 0.1) is 6.92 Å². The Morgan fingerprint density at radius 1 is 1.10 bits per heavy atom. The van der Waals surface area contributed by atoms with Gasteiger partial charge in [-0.2, -0.15) is 4.98 Å². The van der Waals surface area contributed by atoms with Gasteiger partial charge in [-0.15, -0.1) is 5.10 Å². The molecular formula is C21H24N6O2. The Kier molecular flexibility index (Phi) is 5.24. The highest BCUT2D eigenvalue weighted by Gasteiger charge is 2.23. The number of aryl methyl sites for hydroxylation is 1. The molecule has 8 nitrogen and oxygen atoms in total. The lowest BCUT2D eigenvalue weighted by Crippen LogP contribution is -2.38. The number of nitrogens with one attached hydrogen (secondary N) is 1. The normalized spacial score (nSPS) is 14.7. The van der Waals surface area contributed by atoms with Gasteiger partial charge in [0.15, 0.2) is 0 Å². The molecule has 0 aliphatic heterocycles. The zero-order chi connectivity index (χ0) is 20.4. The molecule has 29 heavy (non-hydrogen) atoms. The van der Waals surface area contributed by atoms with E-state index in [0.717, 1.165) is 18.5 Å². The van der Waals surface area contributed by atoms with E-state index < -0.39 is 5.91 Å². The van der Waals surface area contributed by atoms with Crippen molar-refractivity contribution in [1.82, 2.24) is 24.5 Å². The molecule has 1 aliphatic carbocycles. The van der Waals surface area contributed by atoms with Crippen LogP contribution in [0.1, 0.15) is 58.8 Å². The first-order valence-corrected chi connectivity index (χ1v) is 9.90. The Morgan fingerprint density at radius 3 is 2.52 bits per heavy atom. The fourth-order valence-corrected chi connectivity index (χ4v) is 3.72. The van der Waals surface area contributed by atoms with Crippen molar-refractivity contribution in [3.63, 3.8) is 0 Å². The Morgan fingerprint density at radius 2 is 1.83 bits per heavy atom. The van der Waals surface area contributed by atoms with Gasteiger partial charge in [0.25, 0.3) is 17.6 Å². The van der Waals surface area contributed by atoms with E-state index >= 15 is 0 Å². The summed E-state index contributed by atoms with van der Waals surface area (Å²) < 4.78 is 1.53. The summed E-state index contributed by atoms with van der Waals surface area (Å²) in [5, 5.41) is 6.97. The molecule has 1 aliphatic rings. The second kappa shape index (κ2) is 7.98. The molecule has 2 aromatic heterocycles. The van der Waals surface area contributed by atoms with Crippen molar-refractivity contribution in [2.45, 2.75) is 45.1 Å². The average molecular weight is 392 g/mol. The van der Waals surface area contributed by atoms with Gasteiger partial charge in [-0.25, -0.2) is 9.50 Å². The van der Waals surface area contributed by atoms with Gasteiger partial charge in [0.2, 0.25) is 5.82 Å². The van der Waals surface area contributed by atoms with Crippen LogP contribution in [0.25, 0.3) is 5.78 Å². The number of amides is 2. The second-order valence-electron chi connectivity index (χ2n) is 7.47. The molecule has 1 fully saturated rings. The SMILES string of the molecule is Cc1ccnc2nc(C(=O)Nc3ccc(C(=O)N(C)C4CCCCC4)cc3)nn12. The molecule has 2 amide bonds. The molecule has 8 heteroatoms. The van der Waals surface area contributed by atoms with Crippen molar-refractivity contribution in [3.05, 3.63) is 53.6 Å². The lowest BCUT2D eigenvalue weighted by Gasteiger charge is -2.31. The van der Waals surface area contributed by atoms with Gasteiger partial charge in [-0.05, 0) is 50.1 Å². The largest absolute Gasteiger partial charge is 0.339 e. The zero-order valence-corrected chi connectivity index (χ0v) is 16.6. The highest BCUT2D eigenvalue weighted by molar-refractivity contribution is 6.02. The molecule has 0 bridgehead atoms. The average Bonchev–Trinajstić information content (AvgIpc) is 3.20. The molecule has 150 valence electrons. The molecule has 0 atom stereocenters. The van der Waals surface area contributed by atoms with Crippen molar-refractivity contribution >= 4 is 23.3 Å². The number of benzene rings is 1. The fourth-order valence-electron chi connectivity index (χ4n) is 3.72. The number of nitrogens with zero attached hydrogens (tertiary/aromatic N) is 5. The van der Waals surface area contributed by atoms with E-state index in [4.69, 9.17) is 0 Å². The minimum atomic E-state index is -0.423. The van der Waals surface area contributed by atoms with Gasteiger partial charge >= 0.3 is 0 Å². The highest BCUT2D eigenvalue weighted by atomic mass is 16.2. The van der Waals surface area contributed by atoms with Crippen molar-refractivity contribution in [2.24, 2.45) is 0 Å². The number of anilines is 1. The maximum atomic E-state index is 12.7. The smallest absolute Gasteiger partial charge is 0.295 e. The molecular weight excluding hydrogens is 368 g/mol. The quantitative estimate of drug-likeness (QED) is 0.737. The number of aromatic nitrogens is 4. The van der Waals surface area contributed by atoms with E-state index in [-0.39, 0.29) is 11.7 Å². The molecule has 4 rings (SSSR count). The van der Waals surface area contributed by atoms with Crippen LogP contribution in [0.5, 0.6) is 0 Å². The molecule has 2 heterocycles. The maximum Gasteiger partial charge on any atom is 0.295 e. The molecule has 0 unspecified atom stereocenters. The van der Waals surface area contributed by atoms with E-state index in [0.29, 0.717) is 23.1 Å². The molecule has 3 aromatic rings. The summed E-state index contributed by atoms with van der Waals surface area (Å²) in [6.45, 7) is 1.87. The third-order valence-corrected chi connectivity index (χ3v) is 5.47. The van der Waals surface area contributed by atoms with Gasteiger partial charge in [-0.1, -0.05) is 19.3 Å². The fraction of sp³-hybridized carbons (Fsp3) is 0.381. The summed E-state index contributed by atoms with van der Waals surface area (Å²) in [7, 11) is 1.87. The number of fused-ring (bicyclic) bond motifs is 1. The van der Waals surface area contributed by atoms with E-state index in [1.165, 1.54) is 23.8 Å². The minimum Gasteiger partial charge on any atom is -0.339 e. The van der Waals surface area contributed by atoms with Crippen LogP contribution in [0.4, 0.5) is 5.69 Å². The summed E-state index contributed by atoms with van der Waals surface area (Å²) in [5.74, 6) is 0.0115. The van der Waals surface area contributed by atoms with Gasteiger partial charge in [-0.3, -0.25) is 9.59 Å². The molecule has 0 radical (unpaired) electrons. The molecule has 0 saturated heterocycles. The first kappa shape index (κ1) is 19.0. The number of carbonyl (C=O) groups excluding carboxylic acids is 2. The predicted molar refractivity (Wildman–Crippen MR) is 109 cm³/mol. The molecule has 1 saturated carbocycles. The summed E-state index contributed by atoms with van der Waals surface area (Å²) in [4.78, 5) is 35.3. The second-order valence-corrected chi connectivity index (χ2v) is 7.47. The maximum absolute atomic E-state index is 12.7. The lowest BCUT2D eigenvalue weighted by molar-refractivity contribution is 0.0696. The monoisotopic (exact) mass is 392 g/mol. The van der Waals surface area contributed by atoms with Gasteiger partial charge in [0.1, 0.15) is 0 Å². The van der Waals surface area contributed by atoms with E-state index in [9.17, 15) is 9.59 Å². The number of rotatable bonds is 4. The standard InChI is InChI=1S/C21H24N6O2/c1-14-12-13-22-21-24-18(25-27(14)21)19(28)23-16-10-8-15(9-11-16)20(29)26(2)17-6-4-3-5-7-17/h8-13,17H,3-7H2,1-2H3,(H,23,28). The Hall–Kier alpha value is -3.29. The van der Waals surface area contributed by atoms with E-state index in [2.05, 4.69) is 20.4 Å². The van der Waals surface area contributed by atoms with Crippen molar-refractivity contribution in [3.8, 4) is 0 Å². The summed E-state index contributed by atoms with van der Waals surface area (Å²) >= 11 is 0. The van der Waals surface area contributed by atoms with Crippen molar-refractivity contribution < 1.29 is 9.59 Å². The summed E-state index contributed by atoms with van der Waals surface area (Å²) in [6, 6.07) is 9.02. The third-order valence-electron chi connectivity index (χ3n) is 5.47. The van der Waals surface area contributed by atoms with Gasteiger partial charge in [0, 0.05) is 36.2 Å². The summed E-state index contributed by atoms with van der Waals surface area (Å²) in [6.07, 6.45) is 7.37. The van der Waals surface area contributed by atoms with E-state index in [1.807, 2.05) is 18.9 Å².